The molecule has 2 amide bonds. The first-order valence-corrected chi connectivity index (χ1v) is 5.84. The van der Waals surface area contributed by atoms with E-state index in [4.69, 9.17) is 34.8 Å². The largest absolute Gasteiger partial charge is 0.445 e. The van der Waals surface area contributed by atoms with Crippen molar-refractivity contribution >= 4 is 57.3 Å². The monoisotopic (exact) mass is 340 g/mol. The zero-order valence-corrected chi connectivity index (χ0v) is 11.1. The summed E-state index contributed by atoms with van der Waals surface area (Å²) in [7, 11) is 0. The summed E-state index contributed by atoms with van der Waals surface area (Å²) in [6, 6.07) is -0.955. The van der Waals surface area contributed by atoms with E-state index in [2.05, 4.69) is 10.2 Å². The van der Waals surface area contributed by atoms with Gasteiger partial charge in [-0.15, -0.1) is 10.2 Å². The number of carbonyl (C=O) groups is 1. The van der Waals surface area contributed by atoms with Crippen LogP contribution in [0.2, 0.25) is 0 Å². The lowest BCUT2D eigenvalue weighted by Crippen LogP contribution is -2.26. The van der Waals surface area contributed by atoms with E-state index in [1.54, 1.807) is 0 Å². The number of aromatic nitrogens is 2. The van der Waals surface area contributed by atoms with E-state index < -0.39 is 21.7 Å². The summed E-state index contributed by atoms with van der Waals surface area (Å²) >= 11 is 16.0. The molecule has 1 aromatic heterocycles. The Bertz CT molecular complexity index is 485. The fourth-order valence-corrected chi connectivity index (χ4v) is 1.45. The van der Waals surface area contributed by atoms with E-state index in [1.807, 2.05) is 10.6 Å². The van der Waals surface area contributed by atoms with Crippen molar-refractivity contribution in [3.05, 3.63) is 14.7 Å². The molecule has 0 fully saturated rings. The number of anilines is 1. The highest BCUT2D eigenvalue weighted by Crippen LogP contribution is 2.32. The van der Waals surface area contributed by atoms with Crippen molar-refractivity contribution in [1.29, 1.82) is 0 Å². The SMILES string of the molecule is O=C(NC(Cl)=C(Cl)Cl)Nc1nnc(C(F)(F)F)s1. The molecule has 0 aliphatic carbocycles. The molecule has 0 aromatic carbocycles. The van der Waals surface area contributed by atoms with E-state index in [0.29, 0.717) is 0 Å². The number of nitrogens with one attached hydrogen (secondary N) is 2. The molecule has 0 radical (unpaired) electrons. The van der Waals surface area contributed by atoms with Crippen molar-refractivity contribution in [1.82, 2.24) is 15.5 Å². The molecule has 1 aromatic rings. The van der Waals surface area contributed by atoms with Gasteiger partial charge in [-0.05, 0) is 0 Å². The van der Waals surface area contributed by atoms with Gasteiger partial charge in [0, 0.05) is 0 Å². The molecule has 0 aliphatic heterocycles. The summed E-state index contributed by atoms with van der Waals surface area (Å²) in [6.07, 6.45) is -4.62. The molecule has 18 heavy (non-hydrogen) atoms. The van der Waals surface area contributed by atoms with Gasteiger partial charge in [0.1, 0.15) is 9.65 Å². The Morgan fingerprint density at radius 3 is 2.28 bits per heavy atom. The summed E-state index contributed by atoms with van der Waals surface area (Å²) in [5.41, 5.74) is 0. The first-order valence-electron chi connectivity index (χ1n) is 3.89. The van der Waals surface area contributed by atoms with E-state index in [9.17, 15) is 18.0 Å². The van der Waals surface area contributed by atoms with Crippen LogP contribution in [0.4, 0.5) is 23.1 Å². The van der Waals surface area contributed by atoms with E-state index in [-0.39, 0.29) is 21.6 Å². The molecule has 1 rings (SSSR count). The highest BCUT2D eigenvalue weighted by molar-refractivity contribution is 7.15. The van der Waals surface area contributed by atoms with Crippen LogP contribution in [0.3, 0.4) is 0 Å². The Hall–Kier alpha value is -0.770. The van der Waals surface area contributed by atoms with Gasteiger partial charge in [-0.25, -0.2) is 4.79 Å². The van der Waals surface area contributed by atoms with Gasteiger partial charge in [0.2, 0.25) is 10.1 Å². The maximum Gasteiger partial charge on any atom is 0.445 e. The normalized spacial score (nSPS) is 11.0. The second-order valence-electron chi connectivity index (χ2n) is 2.56. The summed E-state index contributed by atoms with van der Waals surface area (Å²) in [5.74, 6) is 0. The average Bonchev–Trinajstić information content (AvgIpc) is 2.64. The first-order chi connectivity index (χ1) is 8.20. The number of alkyl halides is 3. The predicted octanol–water partition coefficient (Wildman–Crippen LogP) is 3.52. The quantitative estimate of drug-likeness (QED) is 0.809. The maximum absolute atomic E-state index is 12.2. The molecule has 5 nitrogen and oxygen atoms in total. The molecule has 100 valence electrons. The number of urea groups is 1. The lowest BCUT2D eigenvalue weighted by molar-refractivity contribution is -0.138. The third kappa shape index (κ3) is 4.48. The minimum absolute atomic E-state index is 0.159. The van der Waals surface area contributed by atoms with Crippen LogP contribution < -0.4 is 10.6 Å². The van der Waals surface area contributed by atoms with Crippen LogP contribution >= 0.6 is 46.1 Å². The topological polar surface area (TPSA) is 66.9 Å². The van der Waals surface area contributed by atoms with Gasteiger partial charge < -0.3 is 0 Å². The Morgan fingerprint density at radius 1 is 1.22 bits per heavy atom. The van der Waals surface area contributed by atoms with Gasteiger partial charge in [0.05, 0.1) is 0 Å². The maximum atomic E-state index is 12.2. The molecule has 0 saturated carbocycles. The Balaban J connectivity index is 2.67. The summed E-state index contributed by atoms with van der Waals surface area (Å²) in [6.45, 7) is 0. The van der Waals surface area contributed by atoms with Crippen LogP contribution in [0, 0.1) is 0 Å². The van der Waals surface area contributed by atoms with Crippen molar-refractivity contribution in [2.75, 3.05) is 5.32 Å². The molecule has 0 bridgehead atoms. The second kappa shape index (κ2) is 5.91. The van der Waals surface area contributed by atoms with Crippen molar-refractivity contribution in [2.24, 2.45) is 0 Å². The van der Waals surface area contributed by atoms with Gasteiger partial charge in [-0.3, -0.25) is 10.6 Å². The second-order valence-corrected chi connectivity index (χ2v) is 4.87. The molecule has 12 heteroatoms. The number of nitrogens with zero attached hydrogens (tertiary/aromatic N) is 2. The predicted molar refractivity (Wildman–Crippen MR) is 61.7 cm³/mol. The van der Waals surface area contributed by atoms with E-state index in [1.165, 1.54) is 0 Å². The van der Waals surface area contributed by atoms with Crippen molar-refractivity contribution in [3.63, 3.8) is 0 Å². The molecular formula is C6H2Cl3F3N4OS. The number of amides is 2. The Kier molecular flexibility index (Phi) is 5.02. The fraction of sp³-hybridized carbons (Fsp3) is 0.167. The van der Waals surface area contributed by atoms with Crippen LogP contribution in [-0.2, 0) is 6.18 Å². The highest BCUT2D eigenvalue weighted by Gasteiger charge is 2.35. The van der Waals surface area contributed by atoms with Crippen molar-refractivity contribution in [3.8, 4) is 0 Å². The summed E-state index contributed by atoms with van der Waals surface area (Å²) in [5, 5.41) is 8.01. The third-order valence-corrected chi connectivity index (χ3v) is 3.02. The lowest BCUT2D eigenvalue weighted by Gasteiger charge is -2.03. The standard InChI is InChI=1S/C6H2Cl3F3N4OS/c7-1(8)2(9)13-4(17)14-5-16-15-3(18-5)6(10,11)12/h(H2,13,14,16,17). The van der Waals surface area contributed by atoms with Crippen LogP contribution in [0.25, 0.3) is 0 Å². The molecule has 0 saturated heterocycles. The highest BCUT2D eigenvalue weighted by atomic mass is 35.5. The smallest absolute Gasteiger partial charge is 0.296 e. The van der Waals surface area contributed by atoms with Crippen LogP contribution in [0.15, 0.2) is 9.65 Å². The fourth-order valence-electron chi connectivity index (χ4n) is 0.664. The summed E-state index contributed by atoms with van der Waals surface area (Å²) < 4.78 is 36.1. The van der Waals surface area contributed by atoms with Crippen molar-refractivity contribution in [2.45, 2.75) is 6.18 Å². The molecule has 0 atom stereocenters. The number of rotatable bonds is 2. The summed E-state index contributed by atoms with van der Waals surface area (Å²) in [4.78, 5) is 11.2. The van der Waals surface area contributed by atoms with Gasteiger partial charge in [-0.2, -0.15) is 13.2 Å². The Morgan fingerprint density at radius 2 is 1.83 bits per heavy atom. The third-order valence-electron chi connectivity index (χ3n) is 1.28. The first kappa shape index (κ1) is 15.3. The van der Waals surface area contributed by atoms with Crippen molar-refractivity contribution < 1.29 is 18.0 Å². The number of halogens is 6. The average molecular weight is 342 g/mol. The lowest BCUT2D eigenvalue weighted by atomic mass is 10.7. The molecule has 0 unspecified atom stereocenters. The van der Waals surface area contributed by atoms with Crippen LogP contribution in [0.5, 0.6) is 0 Å². The molecular weight excluding hydrogens is 340 g/mol. The zero-order valence-electron chi connectivity index (χ0n) is 7.98. The number of hydrogen-bond acceptors (Lipinski definition) is 4. The molecule has 0 spiro atoms. The molecule has 1 heterocycles. The minimum Gasteiger partial charge on any atom is -0.296 e. The minimum atomic E-state index is -4.62. The van der Waals surface area contributed by atoms with Gasteiger partial charge in [0.25, 0.3) is 0 Å². The zero-order chi connectivity index (χ0) is 13.9. The van der Waals surface area contributed by atoms with E-state index >= 15 is 0 Å². The van der Waals surface area contributed by atoms with Crippen LogP contribution in [0.1, 0.15) is 5.01 Å². The van der Waals surface area contributed by atoms with E-state index in [0.717, 1.165) is 0 Å². The molecule has 2 N–H and O–H groups in total. The van der Waals surface area contributed by atoms with Gasteiger partial charge in [0.15, 0.2) is 0 Å². The van der Waals surface area contributed by atoms with Gasteiger partial charge >= 0.3 is 12.2 Å². The molecule has 0 aliphatic rings. The van der Waals surface area contributed by atoms with Crippen LogP contribution in [-0.4, -0.2) is 16.2 Å². The number of hydrogen-bond donors (Lipinski definition) is 2. The Labute approximate surface area is 117 Å². The van der Waals surface area contributed by atoms with Gasteiger partial charge in [-0.1, -0.05) is 46.1 Å². The number of carbonyl (C=O) groups excluding carboxylic acids is 1.